The summed E-state index contributed by atoms with van der Waals surface area (Å²) in [6.07, 6.45) is 0. The molecule has 0 bridgehead atoms. The second-order valence-electron chi connectivity index (χ2n) is 4.07. The largest absolute Gasteiger partial charge is 0.324 e. The number of carbonyl (C=O) groups excluding carboxylic acids is 1. The first-order valence-corrected chi connectivity index (χ1v) is 6.95. The summed E-state index contributed by atoms with van der Waals surface area (Å²) < 4.78 is 26.2. The number of nitrogens with one attached hydrogen (secondary N) is 1. The summed E-state index contributed by atoms with van der Waals surface area (Å²) in [4.78, 5) is 12.0. The van der Waals surface area contributed by atoms with Gasteiger partial charge in [-0.25, -0.2) is 8.78 Å². The summed E-state index contributed by atoms with van der Waals surface area (Å²) in [5.41, 5.74) is 0.758. The lowest BCUT2D eigenvalue weighted by molar-refractivity contribution is -0.113. The van der Waals surface area contributed by atoms with Crippen LogP contribution in [0.2, 0.25) is 0 Å². The van der Waals surface area contributed by atoms with Crippen LogP contribution in [0.3, 0.4) is 0 Å². The molecule has 0 atom stereocenters. The number of anilines is 1. The highest BCUT2D eigenvalue weighted by atomic mass is 32.2. The third-order valence-corrected chi connectivity index (χ3v) is 3.62. The van der Waals surface area contributed by atoms with E-state index >= 15 is 0 Å². The lowest BCUT2D eigenvalue weighted by Gasteiger charge is -2.07. The fourth-order valence-electron chi connectivity index (χ4n) is 1.61. The molecule has 106 valence electrons. The number of amides is 1. The number of rotatable bonds is 4. The van der Waals surface area contributed by atoms with Gasteiger partial charge >= 0.3 is 0 Å². The molecule has 3 nitrogen and oxygen atoms in total. The quantitative estimate of drug-likeness (QED) is 0.879. The Bertz CT molecular complexity index is 713. The Morgan fingerprint density at radius 2 is 2.00 bits per heavy atom. The van der Waals surface area contributed by atoms with E-state index in [0.717, 1.165) is 23.9 Å². The van der Waals surface area contributed by atoms with E-state index in [9.17, 15) is 13.6 Å². The predicted molar refractivity (Wildman–Crippen MR) is 76.9 cm³/mol. The van der Waals surface area contributed by atoms with Crippen molar-refractivity contribution in [2.24, 2.45) is 0 Å². The summed E-state index contributed by atoms with van der Waals surface area (Å²) in [6, 6.07) is 11.7. The number of benzene rings is 2. The number of hydrogen-bond acceptors (Lipinski definition) is 3. The van der Waals surface area contributed by atoms with Crippen LogP contribution in [0.25, 0.3) is 0 Å². The molecule has 21 heavy (non-hydrogen) atoms. The maximum Gasteiger partial charge on any atom is 0.234 e. The zero-order valence-electron chi connectivity index (χ0n) is 10.8. The lowest BCUT2D eigenvalue weighted by atomic mass is 10.2. The van der Waals surface area contributed by atoms with Crippen LogP contribution in [0.1, 0.15) is 5.56 Å². The molecule has 0 radical (unpaired) electrons. The number of para-hydroxylation sites is 1. The Morgan fingerprint density at radius 1 is 1.24 bits per heavy atom. The van der Waals surface area contributed by atoms with Crippen LogP contribution in [-0.4, -0.2) is 11.7 Å². The molecule has 1 N–H and O–H groups in total. The Labute approximate surface area is 124 Å². The molecule has 0 aliphatic rings. The monoisotopic (exact) mass is 304 g/mol. The van der Waals surface area contributed by atoms with Gasteiger partial charge in [-0.1, -0.05) is 12.1 Å². The molecule has 1 amide bonds. The van der Waals surface area contributed by atoms with Crippen molar-refractivity contribution in [2.75, 3.05) is 11.1 Å². The Kier molecular flexibility index (Phi) is 4.90. The summed E-state index contributed by atoms with van der Waals surface area (Å²) in [6.45, 7) is 0. The van der Waals surface area contributed by atoms with Gasteiger partial charge in [-0.3, -0.25) is 4.79 Å². The van der Waals surface area contributed by atoms with Crippen molar-refractivity contribution in [3.63, 3.8) is 0 Å². The van der Waals surface area contributed by atoms with Crippen molar-refractivity contribution in [3.05, 3.63) is 59.7 Å². The summed E-state index contributed by atoms with van der Waals surface area (Å²) in [5.74, 6) is -1.77. The van der Waals surface area contributed by atoms with Crippen molar-refractivity contribution in [1.82, 2.24) is 0 Å². The van der Waals surface area contributed by atoms with Gasteiger partial charge in [0.2, 0.25) is 5.91 Å². The average Bonchev–Trinajstić information content (AvgIpc) is 2.47. The standard InChI is InChI=1S/C15H10F2N2OS/c16-11-5-6-14(12(17)7-11)21-9-15(20)19-13-4-2-1-3-10(13)8-18/h1-7H,9H2,(H,19,20). The molecular weight excluding hydrogens is 294 g/mol. The molecule has 2 aromatic carbocycles. The van der Waals surface area contributed by atoms with E-state index in [1.165, 1.54) is 6.07 Å². The van der Waals surface area contributed by atoms with Crippen LogP contribution in [0.4, 0.5) is 14.5 Å². The van der Waals surface area contributed by atoms with Gasteiger partial charge in [-0.15, -0.1) is 11.8 Å². The van der Waals surface area contributed by atoms with E-state index in [-0.39, 0.29) is 16.6 Å². The molecule has 0 aliphatic carbocycles. The highest BCUT2D eigenvalue weighted by Crippen LogP contribution is 2.23. The van der Waals surface area contributed by atoms with Gasteiger partial charge in [0.05, 0.1) is 17.0 Å². The molecule has 0 aliphatic heterocycles. The highest BCUT2D eigenvalue weighted by molar-refractivity contribution is 8.00. The van der Waals surface area contributed by atoms with Gasteiger partial charge in [0.15, 0.2) is 0 Å². The Morgan fingerprint density at radius 3 is 2.71 bits per heavy atom. The molecule has 6 heteroatoms. The molecule has 0 heterocycles. The predicted octanol–water partition coefficient (Wildman–Crippen LogP) is 3.57. The number of nitriles is 1. The van der Waals surface area contributed by atoms with Gasteiger partial charge in [0.1, 0.15) is 17.7 Å². The first-order valence-electron chi connectivity index (χ1n) is 5.97. The first-order chi connectivity index (χ1) is 10.1. The van der Waals surface area contributed by atoms with Crippen LogP contribution in [0.15, 0.2) is 47.4 Å². The number of nitrogens with zero attached hydrogens (tertiary/aromatic N) is 1. The molecule has 0 saturated heterocycles. The van der Waals surface area contributed by atoms with E-state index in [2.05, 4.69) is 5.32 Å². The number of carbonyl (C=O) groups is 1. The van der Waals surface area contributed by atoms with Gasteiger partial charge in [-0.2, -0.15) is 5.26 Å². The number of thioether (sulfide) groups is 1. The summed E-state index contributed by atoms with van der Waals surface area (Å²) in [5, 5.41) is 11.5. The fourth-order valence-corrected chi connectivity index (χ4v) is 2.33. The summed E-state index contributed by atoms with van der Waals surface area (Å²) in [7, 11) is 0. The minimum Gasteiger partial charge on any atom is -0.324 e. The van der Waals surface area contributed by atoms with Gasteiger partial charge in [0, 0.05) is 11.0 Å². The van der Waals surface area contributed by atoms with E-state index in [1.807, 2.05) is 6.07 Å². The number of hydrogen-bond donors (Lipinski definition) is 1. The number of halogens is 2. The topological polar surface area (TPSA) is 52.9 Å². The van der Waals surface area contributed by atoms with Crippen molar-refractivity contribution in [2.45, 2.75) is 4.90 Å². The maximum absolute atomic E-state index is 13.4. The second kappa shape index (κ2) is 6.86. The van der Waals surface area contributed by atoms with Crippen molar-refractivity contribution < 1.29 is 13.6 Å². The Hall–Kier alpha value is -2.39. The van der Waals surface area contributed by atoms with Crippen molar-refractivity contribution >= 4 is 23.4 Å². The van der Waals surface area contributed by atoms with Crippen LogP contribution >= 0.6 is 11.8 Å². The normalized spacial score (nSPS) is 9.95. The van der Waals surface area contributed by atoms with Gasteiger partial charge in [0.25, 0.3) is 0 Å². The minimum atomic E-state index is -0.703. The molecular formula is C15H10F2N2OS. The van der Waals surface area contributed by atoms with Crippen LogP contribution in [-0.2, 0) is 4.79 Å². The third-order valence-electron chi connectivity index (χ3n) is 2.57. The first kappa shape index (κ1) is 15.0. The summed E-state index contributed by atoms with van der Waals surface area (Å²) >= 11 is 0.960. The van der Waals surface area contributed by atoms with E-state index in [1.54, 1.807) is 24.3 Å². The van der Waals surface area contributed by atoms with Crippen molar-refractivity contribution in [3.8, 4) is 6.07 Å². The SMILES string of the molecule is N#Cc1ccccc1NC(=O)CSc1ccc(F)cc1F. The van der Waals surface area contributed by atoms with Crippen LogP contribution in [0, 0.1) is 23.0 Å². The molecule has 0 saturated carbocycles. The molecule has 2 rings (SSSR count). The van der Waals surface area contributed by atoms with Crippen LogP contribution in [0.5, 0.6) is 0 Å². The zero-order chi connectivity index (χ0) is 15.2. The Balaban J connectivity index is 1.98. The smallest absolute Gasteiger partial charge is 0.234 e. The lowest BCUT2D eigenvalue weighted by Crippen LogP contribution is -2.15. The van der Waals surface area contributed by atoms with E-state index < -0.39 is 11.6 Å². The third kappa shape index (κ3) is 4.04. The van der Waals surface area contributed by atoms with Crippen LogP contribution < -0.4 is 5.32 Å². The fraction of sp³-hybridized carbons (Fsp3) is 0.0667. The van der Waals surface area contributed by atoms with E-state index in [0.29, 0.717) is 11.3 Å². The molecule has 0 unspecified atom stereocenters. The van der Waals surface area contributed by atoms with E-state index in [4.69, 9.17) is 5.26 Å². The highest BCUT2D eigenvalue weighted by Gasteiger charge is 2.09. The maximum atomic E-state index is 13.4. The molecule has 0 aromatic heterocycles. The molecule has 2 aromatic rings. The average molecular weight is 304 g/mol. The second-order valence-corrected chi connectivity index (χ2v) is 5.09. The molecule has 0 fully saturated rings. The van der Waals surface area contributed by atoms with Gasteiger partial charge in [-0.05, 0) is 24.3 Å². The van der Waals surface area contributed by atoms with Crippen molar-refractivity contribution in [1.29, 1.82) is 5.26 Å². The minimum absolute atomic E-state index is 0.0394. The molecule has 0 spiro atoms. The van der Waals surface area contributed by atoms with Gasteiger partial charge < -0.3 is 5.32 Å². The zero-order valence-corrected chi connectivity index (χ0v) is 11.6.